The largest absolute Gasteiger partial charge is 0.454 e. The fourth-order valence-corrected chi connectivity index (χ4v) is 7.54. The summed E-state index contributed by atoms with van der Waals surface area (Å²) in [7, 11) is 0. The first kappa shape index (κ1) is 60.1. The quantitative estimate of drug-likeness (QED) is 0.0150. The number of carbonyl (C=O) groups excluding carboxylic acids is 2. The Morgan fingerprint density at radius 2 is 1.12 bits per heavy atom. The van der Waals surface area contributed by atoms with Crippen molar-refractivity contribution in [1.29, 1.82) is 0 Å². The Hall–Kier alpha value is -2.90. The summed E-state index contributed by atoms with van der Waals surface area (Å²) in [4.78, 5) is 26.3. The molecule has 0 aromatic heterocycles. The van der Waals surface area contributed by atoms with Gasteiger partial charge in [0.05, 0.1) is 25.4 Å². The molecule has 1 heterocycles. The number of nitrogens with one attached hydrogen (secondary N) is 1. The number of rotatable bonds is 41. The molecule has 0 saturated carbocycles. The van der Waals surface area contributed by atoms with Crippen molar-refractivity contribution in [3.8, 4) is 0 Å². The van der Waals surface area contributed by atoms with Crippen LogP contribution in [0.1, 0.15) is 194 Å². The lowest BCUT2D eigenvalue weighted by atomic mass is 9.99. The van der Waals surface area contributed by atoms with Crippen LogP contribution in [0, 0.1) is 0 Å². The van der Waals surface area contributed by atoms with Gasteiger partial charge < -0.3 is 45.1 Å². The van der Waals surface area contributed by atoms with Gasteiger partial charge in [-0.2, -0.15) is 0 Å². The van der Waals surface area contributed by atoms with Gasteiger partial charge in [0, 0.05) is 6.42 Å². The number of aliphatic hydroxyl groups excluding tert-OH is 5. The van der Waals surface area contributed by atoms with Gasteiger partial charge >= 0.3 is 5.97 Å². The van der Waals surface area contributed by atoms with E-state index >= 15 is 0 Å². The van der Waals surface area contributed by atoms with Crippen LogP contribution in [0.25, 0.3) is 0 Å². The number of unbranched alkanes of at least 4 members (excludes halogenated alkanes) is 20. The van der Waals surface area contributed by atoms with E-state index < -0.39 is 67.4 Å². The molecule has 0 aromatic rings. The molecule has 0 spiro atoms. The normalized spacial score (nSPS) is 20.9. The average Bonchev–Trinajstić information content (AvgIpc) is 3.30. The maximum atomic E-state index is 13.3. The summed E-state index contributed by atoms with van der Waals surface area (Å²) in [5.74, 6) is -1.26. The second-order valence-corrected chi connectivity index (χ2v) is 17.6. The second-order valence-electron chi connectivity index (χ2n) is 17.6. The Kier molecular flexibility index (Phi) is 39.3. The summed E-state index contributed by atoms with van der Waals surface area (Å²) in [5.41, 5.74) is 0. The standard InChI is InChI=1S/C54H93NO10/c1-4-7-10-13-16-19-22-24-27-30-33-36-39-42-49(59)65-52-51(61)50(60)48(43-56)64-54(52)63-44-45(46(57)40-37-34-31-28-25-21-18-15-12-9-6-3)55-53(62)47(58)41-38-35-32-29-26-23-20-17-14-11-8-5-2/h8,11,14,17,20,23-24,26-27,29,37,40,45-48,50-52,54,56-58,60-61H,4-7,9-10,12-13,15-16,18-19,21-22,25,28,30-36,38-39,41-44H2,1-3H3,(H,55,62)/b11-8+,17-14+,23-20-,27-24-,29-26-,40-37+. The topological polar surface area (TPSA) is 175 Å². The van der Waals surface area contributed by atoms with E-state index in [0.29, 0.717) is 12.8 Å². The minimum Gasteiger partial charge on any atom is -0.454 e. The summed E-state index contributed by atoms with van der Waals surface area (Å²) >= 11 is 0. The molecule has 6 N–H and O–H groups in total. The van der Waals surface area contributed by atoms with Crippen LogP contribution in [0.3, 0.4) is 0 Å². The van der Waals surface area contributed by atoms with Crippen LogP contribution in [-0.2, 0) is 23.8 Å². The third kappa shape index (κ3) is 31.7. The summed E-state index contributed by atoms with van der Waals surface area (Å²) in [5, 5.41) is 56.4. The van der Waals surface area contributed by atoms with Crippen molar-refractivity contribution in [3.05, 3.63) is 72.9 Å². The number of aliphatic hydroxyl groups is 5. The van der Waals surface area contributed by atoms with E-state index in [1.54, 1.807) is 6.08 Å². The zero-order valence-electron chi connectivity index (χ0n) is 40.8. The Bertz CT molecular complexity index is 1330. The van der Waals surface area contributed by atoms with Crippen LogP contribution in [-0.4, -0.2) is 99.6 Å². The summed E-state index contributed by atoms with van der Waals surface area (Å²) in [6, 6.07) is -1.05. The van der Waals surface area contributed by atoms with E-state index in [2.05, 4.69) is 44.3 Å². The SMILES string of the molecule is CC/C=C/C=C/C=C\C=C/CCCCC(O)C(=O)NC(COC1OC(CO)C(O)C(O)C1OC(=O)CCCCC/C=C\CCCCCCCC)C(O)/C=C/CCCCCCCCCCC. The van der Waals surface area contributed by atoms with Gasteiger partial charge in [-0.15, -0.1) is 0 Å². The van der Waals surface area contributed by atoms with E-state index in [1.807, 2.05) is 48.6 Å². The minimum atomic E-state index is -1.63. The van der Waals surface area contributed by atoms with E-state index in [0.717, 1.165) is 70.6 Å². The molecule has 1 aliphatic heterocycles. The third-order valence-corrected chi connectivity index (χ3v) is 11.7. The average molecular weight is 916 g/mol. The predicted molar refractivity (Wildman–Crippen MR) is 264 cm³/mol. The zero-order chi connectivity index (χ0) is 47.6. The molecule has 8 unspecified atom stereocenters. The van der Waals surface area contributed by atoms with Gasteiger partial charge in [0.1, 0.15) is 24.4 Å². The van der Waals surface area contributed by atoms with E-state index in [9.17, 15) is 35.1 Å². The second kappa shape index (κ2) is 42.5. The molecule has 0 bridgehead atoms. The minimum absolute atomic E-state index is 0.0953. The highest BCUT2D eigenvalue weighted by atomic mass is 16.7. The van der Waals surface area contributed by atoms with Gasteiger partial charge in [0.25, 0.3) is 0 Å². The predicted octanol–water partition coefficient (Wildman–Crippen LogP) is 10.5. The van der Waals surface area contributed by atoms with Crippen molar-refractivity contribution in [2.75, 3.05) is 13.2 Å². The number of carbonyl (C=O) groups is 2. The molecule has 0 aromatic carbocycles. The maximum absolute atomic E-state index is 13.3. The van der Waals surface area contributed by atoms with E-state index in [4.69, 9.17) is 14.2 Å². The van der Waals surface area contributed by atoms with Crippen LogP contribution in [0.15, 0.2) is 72.9 Å². The number of amides is 1. The van der Waals surface area contributed by atoms with Gasteiger partial charge in [0.2, 0.25) is 5.91 Å². The molecule has 0 aliphatic carbocycles. The van der Waals surface area contributed by atoms with Gasteiger partial charge in [-0.3, -0.25) is 9.59 Å². The van der Waals surface area contributed by atoms with Crippen molar-refractivity contribution >= 4 is 11.9 Å². The van der Waals surface area contributed by atoms with Crippen LogP contribution in [0.5, 0.6) is 0 Å². The Morgan fingerprint density at radius 1 is 0.615 bits per heavy atom. The van der Waals surface area contributed by atoms with Crippen molar-refractivity contribution in [2.45, 2.75) is 243 Å². The molecule has 0 radical (unpaired) electrons. The lowest BCUT2D eigenvalue weighted by molar-refractivity contribution is -0.305. The van der Waals surface area contributed by atoms with Crippen LogP contribution in [0.2, 0.25) is 0 Å². The molecule has 11 nitrogen and oxygen atoms in total. The lowest BCUT2D eigenvalue weighted by Crippen LogP contribution is -2.61. The molecule has 1 saturated heterocycles. The highest BCUT2D eigenvalue weighted by molar-refractivity contribution is 5.80. The number of hydrogen-bond acceptors (Lipinski definition) is 10. The first-order valence-electron chi connectivity index (χ1n) is 25.8. The third-order valence-electron chi connectivity index (χ3n) is 11.7. The van der Waals surface area contributed by atoms with E-state index in [-0.39, 0.29) is 19.4 Å². The van der Waals surface area contributed by atoms with Crippen molar-refractivity contribution in [1.82, 2.24) is 5.32 Å². The fourth-order valence-electron chi connectivity index (χ4n) is 7.54. The van der Waals surface area contributed by atoms with Gasteiger partial charge in [-0.05, 0) is 70.6 Å². The first-order valence-corrected chi connectivity index (χ1v) is 25.8. The fraction of sp³-hybridized carbons (Fsp3) is 0.741. The summed E-state index contributed by atoms with van der Waals surface area (Å²) in [6.07, 6.45) is 41.1. The zero-order valence-corrected chi connectivity index (χ0v) is 40.8. The molecule has 8 atom stereocenters. The van der Waals surface area contributed by atoms with Gasteiger partial charge in [-0.25, -0.2) is 0 Å². The highest BCUT2D eigenvalue weighted by Gasteiger charge is 2.47. The smallest absolute Gasteiger partial charge is 0.306 e. The van der Waals surface area contributed by atoms with Gasteiger partial charge in [0.15, 0.2) is 12.4 Å². The van der Waals surface area contributed by atoms with Crippen LogP contribution < -0.4 is 5.32 Å². The highest BCUT2D eigenvalue weighted by Crippen LogP contribution is 2.26. The first-order chi connectivity index (χ1) is 31.7. The van der Waals surface area contributed by atoms with E-state index in [1.165, 1.54) is 77.0 Å². The number of esters is 1. The Balaban J connectivity index is 2.83. The van der Waals surface area contributed by atoms with Crippen molar-refractivity contribution in [3.63, 3.8) is 0 Å². The molecule has 374 valence electrons. The molecular formula is C54H93NO10. The molecule has 1 aliphatic rings. The summed E-state index contributed by atoms with van der Waals surface area (Å²) in [6.45, 7) is 5.55. The molecule has 1 fully saturated rings. The molecular weight excluding hydrogens is 823 g/mol. The molecule has 1 rings (SSSR count). The maximum Gasteiger partial charge on any atom is 0.306 e. The Morgan fingerprint density at radius 3 is 1.71 bits per heavy atom. The summed E-state index contributed by atoms with van der Waals surface area (Å²) < 4.78 is 17.4. The lowest BCUT2D eigenvalue weighted by Gasteiger charge is -2.41. The van der Waals surface area contributed by atoms with Gasteiger partial charge in [-0.1, -0.05) is 190 Å². The number of hydrogen-bond donors (Lipinski definition) is 6. The number of ether oxygens (including phenoxy) is 3. The van der Waals surface area contributed by atoms with Crippen molar-refractivity contribution in [2.24, 2.45) is 0 Å². The Labute approximate surface area is 394 Å². The molecule has 65 heavy (non-hydrogen) atoms. The van der Waals surface area contributed by atoms with Crippen LogP contribution >= 0.6 is 0 Å². The monoisotopic (exact) mass is 916 g/mol. The number of allylic oxidation sites excluding steroid dienone is 11. The van der Waals surface area contributed by atoms with Crippen LogP contribution in [0.4, 0.5) is 0 Å². The van der Waals surface area contributed by atoms with Crippen molar-refractivity contribution < 1.29 is 49.3 Å². The molecule has 1 amide bonds. The molecule has 11 heteroatoms.